The molecular formula is C33H55N5O3. The summed E-state index contributed by atoms with van der Waals surface area (Å²) in [4.78, 5) is 41.6. The SMILES string of the molecule is CCCC[C@H](/C=C/[C@H](CCC)NC(=O)[C@H](CCCCNC(=O)c1cccnc1)NCCCC1CCCCC1)C(N)=O. The van der Waals surface area contributed by atoms with E-state index in [2.05, 4.69) is 34.8 Å². The number of hydrogen-bond acceptors (Lipinski definition) is 5. The van der Waals surface area contributed by atoms with Crippen molar-refractivity contribution < 1.29 is 14.4 Å². The Morgan fingerprint density at radius 3 is 2.46 bits per heavy atom. The average molecular weight is 570 g/mol. The Hall–Kier alpha value is -2.74. The number of nitrogens with one attached hydrogen (secondary N) is 3. The monoisotopic (exact) mass is 569 g/mol. The van der Waals surface area contributed by atoms with E-state index in [1.807, 2.05) is 12.2 Å². The summed E-state index contributed by atoms with van der Waals surface area (Å²) in [7, 11) is 0. The standard InChI is InChI=1S/C33H55N5O3/c1-3-5-17-27(31(34)39)20-21-29(13-4-2)38-33(41)30(36-24-11-16-26-14-7-6-8-15-26)19-9-10-23-37-32(40)28-18-12-22-35-25-28/h12,18,20-22,25-27,29-30,36H,3-11,13-17,19,23-24H2,1-2H3,(H2,34,39)(H,37,40)(H,38,41)/b21-20+/t27-,29+,30+/m1/s1. The summed E-state index contributed by atoms with van der Waals surface area (Å²) in [5.74, 6) is 0.0717. The molecule has 5 N–H and O–H groups in total. The van der Waals surface area contributed by atoms with Crippen molar-refractivity contribution in [2.75, 3.05) is 13.1 Å². The fourth-order valence-corrected chi connectivity index (χ4v) is 5.58. The van der Waals surface area contributed by atoms with Crippen LogP contribution in [-0.4, -0.2) is 47.9 Å². The van der Waals surface area contributed by atoms with Gasteiger partial charge in [0.15, 0.2) is 0 Å². The van der Waals surface area contributed by atoms with E-state index in [-0.39, 0.29) is 35.7 Å². The van der Waals surface area contributed by atoms with E-state index in [9.17, 15) is 14.4 Å². The van der Waals surface area contributed by atoms with E-state index in [1.165, 1.54) is 38.5 Å². The number of nitrogens with zero attached hydrogens (tertiary/aromatic N) is 1. The van der Waals surface area contributed by atoms with Crippen LogP contribution in [0.25, 0.3) is 0 Å². The van der Waals surface area contributed by atoms with Gasteiger partial charge in [-0.05, 0) is 69.5 Å². The molecule has 1 heterocycles. The molecule has 0 unspecified atom stereocenters. The van der Waals surface area contributed by atoms with Gasteiger partial charge in [0, 0.05) is 25.0 Å². The number of nitrogens with two attached hydrogens (primary N) is 1. The molecule has 3 amide bonds. The number of carbonyl (C=O) groups is 3. The van der Waals surface area contributed by atoms with Gasteiger partial charge in [0.25, 0.3) is 5.91 Å². The highest BCUT2D eigenvalue weighted by Gasteiger charge is 2.21. The lowest BCUT2D eigenvalue weighted by molar-refractivity contribution is -0.123. The highest BCUT2D eigenvalue weighted by atomic mass is 16.2. The quantitative estimate of drug-likeness (QED) is 0.116. The third-order valence-electron chi connectivity index (χ3n) is 8.09. The van der Waals surface area contributed by atoms with Crippen LogP contribution >= 0.6 is 0 Å². The van der Waals surface area contributed by atoms with Crippen molar-refractivity contribution in [2.45, 2.75) is 122 Å². The largest absolute Gasteiger partial charge is 0.369 e. The number of pyridine rings is 1. The fourth-order valence-electron chi connectivity index (χ4n) is 5.58. The molecule has 41 heavy (non-hydrogen) atoms. The van der Waals surface area contributed by atoms with Gasteiger partial charge in [0.05, 0.1) is 17.5 Å². The van der Waals surface area contributed by atoms with Gasteiger partial charge in [-0.3, -0.25) is 19.4 Å². The summed E-state index contributed by atoms with van der Waals surface area (Å²) < 4.78 is 0. The minimum absolute atomic E-state index is 0.00524. The zero-order chi connectivity index (χ0) is 29.7. The predicted octanol–water partition coefficient (Wildman–Crippen LogP) is 5.43. The first-order chi connectivity index (χ1) is 19.9. The molecule has 0 aliphatic heterocycles. The molecule has 0 aromatic carbocycles. The van der Waals surface area contributed by atoms with Crippen LogP contribution in [0, 0.1) is 11.8 Å². The molecule has 0 saturated heterocycles. The van der Waals surface area contributed by atoms with Gasteiger partial charge in [-0.2, -0.15) is 0 Å². The molecule has 1 aromatic heterocycles. The van der Waals surface area contributed by atoms with Crippen LogP contribution < -0.4 is 21.7 Å². The van der Waals surface area contributed by atoms with Crippen molar-refractivity contribution in [2.24, 2.45) is 17.6 Å². The number of rotatable bonds is 21. The second-order valence-electron chi connectivity index (χ2n) is 11.6. The Balaban J connectivity index is 1.91. The molecule has 2 rings (SSSR count). The molecule has 0 bridgehead atoms. The van der Waals surface area contributed by atoms with E-state index in [1.54, 1.807) is 24.5 Å². The lowest BCUT2D eigenvalue weighted by atomic mass is 9.86. The summed E-state index contributed by atoms with van der Waals surface area (Å²) in [5, 5.41) is 9.70. The van der Waals surface area contributed by atoms with Crippen molar-refractivity contribution >= 4 is 17.7 Å². The Morgan fingerprint density at radius 2 is 1.78 bits per heavy atom. The van der Waals surface area contributed by atoms with Crippen LogP contribution in [0.4, 0.5) is 0 Å². The molecule has 1 aliphatic rings. The molecule has 1 aromatic rings. The van der Waals surface area contributed by atoms with Crippen molar-refractivity contribution in [3.63, 3.8) is 0 Å². The molecule has 230 valence electrons. The molecule has 0 radical (unpaired) electrons. The predicted molar refractivity (Wildman–Crippen MR) is 166 cm³/mol. The van der Waals surface area contributed by atoms with Gasteiger partial charge in [0.1, 0.15) is 0 Å². The molecule has 8 nitrogen and oxygen atoms in total. The Morgan fingerprint density at radius 1 is 0.976 bits per heavy atom. The van der Waals surface area contributed by atoms with Crippen molar-refractivity contribution in [1.29, 1.82) is 0 Å². The van der Waals surface area contributed by atoms with Crippen LogP contribution in [-0.2, 0) is 9.59 Å². The minimum Gasteiger partial charge on any atom is -0.369 e. The van der Waals surface area contributed by atoms with Gasteiger partial charge in [0.2, 0.25) is 11.8 Å². The molecule has 1 aliphatic carbocycles. The number of primary amides is 1. The Bertz CT molecular complexity index is 901. The molecule has 1 saturated carbocycles. The second-order valence-corrected chi connectivity index (χ2v) is 11.6. The minimum atomic E-state index is -0.315. The van der Waals surface area contributed by atoms with Crippen LogP contribution in [0.2, 0.25) is 0 Å². The maximum absolute atomic E-state index is 13.5. The molecular weight excluding hydrogens is 514 g/mol. The number of amides is 3. The number of aromatic nitrogens is 1. The maximum atomic E-state index is 13.5. The van der Waals surface area contributed by atoms with Gasteiger partial charge >= 0.3 is 0 Å². The van der Waals surface area contributed by atoms with E-state index in [0.717, 1.165) is 63.8 Å². The lowest BCUT2D eigenvalue weighted by Gasteiger charge is -2.24. The number of unbranched alkanes of at least 4 members (excludes halogenated alkanes) is 2. The zero-order valence-electron chi connectivity index (χ0n) is 25.5. The van der Waals surface area contributed by atoms with E-state index >= 15 is 0 Å². The summed E-state index contributed by atoms with van der Waals surface area (Å²) >= 11 is 0. The van der Waals surface area contributed by atoms with Crippen molar-refractivity contribution in [3.8, 4) is 0 Å². The van der Waals surface area contributed by atoms with Gasteiger partial charge in [-0.1, -0.05) is 77.4 Å². The van der Waals surface area contributed by atoms with E-state index in [4.69, 9.17) is 5.73 Å². The average Bonchev–Trinajstić information content (AvgIpc) is 2.98. The Kier molecular flexibility index (Phi) is 17.7. The van der Waals surface area contributed by atoms with Gasteiger partial charge < -0.3 is 21.7 Å². The zero-order valence-corrected chi connectivity index (χ0v) is 25.5. The van der Waals surface area contributed by atoms with Gasteiger partial charge in [-0.25, -0.2) is 0 Å². The highest BCUT2D eigenvalue weighted by molar-refractivity contribution is 5.93. The van der Waals surface area contributed by atoms with Gasteiger partial charge in [-0.15, -0.1) is 0 Å². The summed E-state index contributed by atoms with van der Waals surface area (Å²) in [5.41, 5.74) is 6.17. The van der Waals surface area contributed by atoms with Crippen molar-refractivity contribution in [3.05, 3.63) is 42.2 Å². The van der Waals surface area contributed by atoms with Crippen LogP contribution in [0.3, 0.4) is 0 Å². The molecule has 0 spiro atoms. The highest BCUT2D eigenvalue weighted by Crippen LogP contribution is 2.27. The Labute approximate surface area is 248 Å². The topological polar surface area (TPSA) is 126 Å². The second kappa shape index (κ2) is 21.0. The molecule has 3 atom stereocenters. The van der Waals surface area contributed by atoms with E-state index in [0.29, 0.717) is 18.5 Å². The first-order valence-electron chi connectivity index (χ1n) is 16.1. The summed E-state index contributed by atoms with van der Waals surface area (Å²) in [6, 6.07) is 3.06. The van der Waals surface area contributed by atoms with Crippen LogP contribution in [0.5, 0.6) is 0 Å². The van der Waals surface area contributed by atoms with Crippen LogP contribution in [0.15, 0.2) is 36.7 Å². The third-order valence-corrected chi connectivity index (χ3v) is 8.09. The van der Waals surface area contributed by atoms with Crippen molar-refractivity contribution in [1.82, 2.24) is 20.9 Å². The molecule has 8 heteroatoms. The lowest BCUT2D eigenvalue weighted by Crippen LogP contribution is -2.47. The first kappa shape index (κ1) is 34.5. The third kappa shape index (κ3) is 14.6. The summed E-state index contributed by atoms with van der Waals surface area (Å²) in [6.45, 7) is 5.56. The first-order valence-corrected chi connectivity index (χ1v) is 16.1. The maximum Gasteiger partial charge on any atom is 0.252 e. The smallest absolute Gasteiger partial charge is 0.252 e. The fraction of sp³-hybridized carbons (Fsp3) is 0.697. The molecule has 1 fully saturated rings. The van der Waals surface area contributed by atoms with E-state index < -0.39 is 0 Å². The number of carbonyl (C=O) groups excluding carboxylic acids is 3. The van der Waals surface area contributed by atoms with Crippen LogP contribution in [0.1, 0.15) is 121 Å². The summed E-state index contributed by atoms with van der Waals surface area (Å²) in [6.07, 6.45) is 22.8. The number of hydrogen-bond donors (Lipinski definition) is 4. The normalized spacial score (nSPS) is 16.2.